The molecule has 23 heavy (non-hydrogen) atoms. The molecule has 0 spiro atoms. The summed E-state index contributed by atoms with van der Waals surface area (Å²) in [7, 11) is 0. The summed E-state index contributed by atoms with van der Waals surface area (Å²) in [6, 6.07) is 6.32. The second kappa shape index (κ2) is 6.16. The number of fused-ring (bicyclic) bond motifs is 1. The predicted molar refractivity (Wildman–Crippen MR) is 87.2 cm³/mol. The summed E-state index contributed by atoms with van der Waals surface area (Å²) in [6.07, 6.45) is 6.67. The van der Waals surface area contributed by atoms with Crippen molar-refractivity contribution in [2.24, 2.45) is 11.8 Å². The Hall–Kier alpha value is -1.55. The first kappa shape index (κ1) is 15.0. The minimum atomic E-state index is -0.205. The number of nitrogens with one attached hydrogen (secondary N) is 1. The summed E-state index contributed by atoms with van der Waals surface area (Å²) in [6.45, 7) is 0.750. The molecule has 0 saturated heterocycles. The number of benzene rings is 1. The Kier molecular flexibility index (Phi) is 4.02. The standard InChI is InChI=1S/C19H25NO3/c21-16-10-15(11-16)18(20-19(22)12-3-1-2-4-12)14-5-6-17-13(9-14)7-8-23-17/h5-6,9,12,15-16,18,21H,1-4,7-8,10-11H2,(H,20,22). The predicted octanol–water partition coefficient (Wildman–Crippen LogP) is 2.74. The van der Waals surface area contributed by atoms with E-state index in [0.717, 1.165) is 50.0 Å². The van der Waals surface area contributed by atoms with Crippen LogP contribution in [-0.2, 0) is 11.2 Å². The van der Waals surface area contributed by atoms with Crippen molar-refractivity contribution >= 4 is 5.91 Å². The number of carbonyl (C=O) groups is 1. The summed E-state index contributed by atoms with van der Waals surface area (Å²) in [5.41, 5.74) is 2.40. The van der Waals surface area contributed by atoms with Crippen molar-refractivity contribution in [3.63, 3.8) is 0 Å². The molecule has 1 unspecified atom stereocenters. The molecule has 4 nitrogen and oxygen atoms in total. The maximum atomic E-state index is 12.6. The quantitative estimate of drug-likeness (QED) is 0.898. The number of hydrogen-bond acceptors (Lipinski definition) is 3. The van der Waals surface area contributed by atoms with Crippen molar-refractivity contribution < 1.29 is 14.6 Å². The average Bonchev–Trinajstić information content (AvgIpc) is 3.19. The zero-order valence-electron chi connectivity index (χ0n) is 13.5. The minimum Gasteiger partial charge on any atom is -0.493 e. The van der Waals surface area contributed by atoms with Gasteiger partial charge in [-0.1, -0.05) is 18.9 Å². The van der Waals surface area contributed by atoms with Crippen LogP contribution in [0.25, 0.3) is 0 Å². The second-order valence-electron chi connectivity index (χ2n) is 7.32. The van der Waals surface area contributed by atoms with Gasteiger partial charge in [-0.3, -0.25) is 4.79 Å². The van der Waals surface area contributed by atoms with E-state index in [1.165, 1.54) is 18.4 Å². The fourth-order valence-corrected chi connectivity index (χ4v) is 4.23. The van der Waals surface area contributed by atoms with Crippen molar-refractivity contribution in [3.05, 3.63) is 29.3 Å². The molecule has 1 aliphatic heterocycles. The average molecular weight is 315 g/mol. The number of rotatable bonds is 4. The van der Waals surface area contributed by atoms with E-state index in [-0.39, 0.29) is 24.0 Å². The van der Waals surface area contributed by atoms with E-state index >= 15 is 0 Å². The van der Waals surface area contributed by atoms with Gasteiger partial charge in [0.2, 0.25) is 5.91 Å². The van der Waals surface area contributed by atoms with Crippen molar-refractivity contribution in [2.75, 3.05) is 6.61 Å². The van der Waals surface area contributed by atoms with Crippen LogP contribution >= 0.6 is 0 Å². The number of hydrogen-bond donors (Lipinski definition) is 2. The Morgan fingerprint density at radius 2 is 2.04 bits per heavy atom. The van der Waals surface area contributed by atoms with Crippen LogP contribution in [0, 0.1) is 11.8 Å². The third kappa shape index (κ3) is 2.97. The number of amides is 1. The summed E-state index contributed by atoms with van der Waals surface area (Å²) in [5, 5.41) is 13.0. The maximum absolute atomic E-state index is 12.6. The highest BCUT2D eigenvalue weighted by Crippen LogP contribution is 2.40. The summed E-state index contributed by atoms with van der Waals surface area (Å²) in [4.78, 5) is 12.6. The van der Waals surface area contributed by atoms with Gasteiger partial charge in [-0.05, 0) is 54.9 Å². The zero-order chi connectivity index (χ0) is 15.8. The van der Waals surface area contributed by atoms with Crippen molar-refractivity contribution in [1.29, 1.82) is 0 Å². The lowest BCUT2D eigenvalue weighted by molar-refractivity contribution is -0.126. The van der Waals surface area contributed by atoms with Gasteiger partial charge in [-0.15, -0.1) is 0 Å². The Balaban J connectivity index is 1.54. The van der Waals surface area contributed by atoms with E-state index in [1.54, 1.807) is 0 Å². The molecule has 2 saturated carbocycles. The zero-order valence-corrected chi connectivity index (χ0v) is 13.5. The first-order chi connectivity index (χ1) is 11.2. The van der Waals surface area contributed by atoms with Crippen molar-refractivity contribution in [2.45, 2.75) is 57.1 Å². The van der Waals surface area contributed by atoms with Crippen LogP contribution in [0.4, 0.5) is 0 Å². The number of ether oxygens (including phenoxy) is 1. The van der Waals surface area contributed by atoms with Crippen LogP contribution < -0.4 is 10.1 Å². The summed E-state index contributed by atoms with van der Waals surface area (Å²) < 4.78 is 5.59. The molecule has 3 aliphatic rings. The number of carbonyl (C=O) groups excluding carboxylic acids is 1. The second-order valence-corrected chi connectivity index (χ2v) is 7.32. The lowest BCUT2D eigenvalue weighted by atomic mass is 9.74. The van der Waals surface area contributed by atoms with Crippen LogP contribution in [0.3, 0.4) is 0 Å². The lowest BCUT2D eigenvalue weighted by Crippen LogP contribution is -2.43. The van der Waals surface area contributed by atoms with Crippen molar-refractivity contribution in [3.8, 4) is 5.75 Å². The number of aliphatic hydroxyl groups is 1. The van der Waals surface area contributed by atoms with Gasteiger partial charge in [0, 0.05) is 12.3 Å². The molecule has 2 aliphatic carbocycles. The maximum Gasteiger partial charge on any atom is 0.223 e. The lowest BCUT2D eigenvalue weighted by Gasteiger charge is -2.38. The molecule has 1 aromatic rings. The number of aliphatic hydroxyl groups excluding tert-OH is 1. The Labute approximate surface area is 137 Å². The van der Waals surface area contributed by atoms with Gasteiger partial charge < -0.3 is 15.2 Å². The first-order valence-corrected chi connectivity index (χ1v) is 8.95. The Bertz CT molecular complexity index is 588. The highest BCUT2D eigenvalue weighted by Gasteiger charge is 2.37. The van der Waals surface area contributed by atoms with Gasteiger partial charge in [0.25, 0.3) is 0 Å². The van der Waals surface area contributed by atoms with E-state index < -0.39 is 0 Å². The van der Waals surface area contributed by atoms with Gasteiger partial charge in [0.05, 0.1) is 18.8 Å². The molecule has 0 bridgehead atoms. The molecule has 4 heteroatoms. The Morgan fingerprint density at radius 1 is 1.26 bits per heavy atom. The first-order valence-electron chi connectivity index (χ1n) is 8.95. The van der Waals surface area contributed by atoms with Crippen LogP contribution in [0.15, 0.2) is 18.2 Å². The molecular formula is C19H25NO3. The van der Waals surface area contributed by atoms with E-state index in [2.05, 4.69) is 17.4 Å². The van der Waals surface area contributed by atoms with Gasteiger partial charge in [-0.25, -0.2) is 0 Å². The van der Waals surface area contributed by atoms with Gasteiger partial charge in [-0.2, -0.15) is 0 Å². The third-order valence-electron chi connectivity index (χ3n) is 5.72. The summed E-state index contributed by atoms with van der Waals surface area (Å²) in [5.74, 6) is 1.70. The Morgan fingerprint density at radius 3 is 2.78 bits per heavy atom. The highest BCUT2D eigenvalue weighted by atomic mass is 16.5. The van der Waals surface area contributed by atoms with E-state index in [4.69, 9.17) is 4.74 Å². The molecule has 2 N–H and O–H groups in total. The fraction of sp³-hybridized carbons (Fsp3) is 0.632. The fourth-order valence-electron chi connectivity index (χ4n) is 4.23. The SMILES string of the molecule is O=C(NC(c1ccc2c(c1)CCO2)C1CC(O)C1)C1CCCC1. The molecule has 0 radical (unpaired) electrons. The largest absolute Gasteiger partial charge is 0.493 e. The van der Waals surface area contributed by atoms with E-state index in [0.29, 0.717) is 5.92 Å². The molecule has 124 valence electrons. The molecular weight excluding hydrogens is 290 g/mol. The van der Waals surface area contributed by atoms with Crippen molar-refractivity contribution in [1.82, 2.24) is 5.32 Å². The highest BCUT2D eigenvalue weighted by molar-refractivity contribution is 5.79. The smallest absolute Gasteiger partial charge is 0.223 e. The van der Waals surface area contributed by atoms with E-state index in [9.17, 15) is 9.90 Å². The molecule has 1 amide bonds. The minimum absolute atomic E-state index is 0.0254. The molecule has 1 heterocycles. The van der Waals surface area contributed by atoms with Crippen LogP contribution in [0.1, 0.15) is 55.7 Å². The molecule has 4 rings (SSSR count). The molecule has 0 aromatic heterocycles. The van der Waals surface area contributed by atoms with E-state index in [1.807, 2.05) is 6.07 Å². The van der Waals surface area contributed by atoms with Crippen LogP contribution in [-0.4, -0.2) is 23.7 Å². The normalized spacial score (nSPS) is 27.9. The molecule has 1 atom stereocenters. The third-order valence-corrected chi connectivity index (χ3v) is 5.72. The topological polar surface area (TPSA) is 58.6 Å². The van der Waals surface area contributed by atoms with Crippen LogP contribution in [0.2, 0.25) is 0 Å². The van der Waals surface area contributed by atoms with Gasteiger partial charge >= 0.3 is 0 Å². The molecule has 2 fully saturated rings. The van der Waals surface area contributed by atoms with Gasteiger partial charge in [0.1, 0.15) is 5.75 Å². The monoisotopic (exact) mass is 315 g/mol. The van der Waals surface area contributed by atoms with Gasteiger partial charge in [0.15, 0.2) is 0 Å². The molecule has 1 aromatic carbocycles. The van der Waals surface area contributed by atoms with Crippen LogP contribution in [0.5, 0.6) is 5.75 Å². The summed E-state index contributed by atoms with van der Waals surface area (Å²) >= 11 is 0.